The molecule has 0 fully saturated rings. The predicted octanol–water partition coefficient (Wildman–Crippen LogP) is 1.77. The smallest absolute Gasteiger partial charge is 0.322 e. The highest BCUT2D eigenvalue weighted by atomic mass is 16.5. The molecule has 1 unspecified atom stereocenters. The lowest BCUT2D eigenvalue weighted by atomic mass is 10.1. The van der Waals surface area contributed by atoms with Gasteiger partial charge in [-0.25, -0.2) is 0 Å². The van der Waals surface area contributed by atoms with Gasteiger partial charge in [-0.15, -0.1) is 0 Å². The van der Waals surface area contributed by atoms with Gasteiger partial charge in [-0.2, -0.15) is 0 Å². The summed E-state index contributed by atoms with van der Waals surface area (Å²) >= 11 is 0. The van der Waals surface area contributed by atoms with Crippen LogP contribution in [0.3, 0.4) is 0 Å². The van der Waals surface area contributed by atoms with E-state index in [9.17, 15) is 4.79 Å². The van der Waals surface area contributed by atoms with Gasteiger partial charge in [0, 0.05) is 6.04 Å². The van der Waals surface area contributed by atoms with Gasteiger partial charge in [0.1, 0.15) is 6.04 Å². The molecule has 1 N–H and O–H groups in total. The van der Waals surface area contributed by atoms with E-state index in [0.717, 1.165) is 6.42 Å². The van der Waals surface area contributed by atoms with Crippen molar-refractivity contribution >= 4 is 5.97 Å². The molecule has 3 nitrogen and oxygen atoms in total. The van der Waals surface area contributed by atoms with E-state index in [0.29, 0.717) is 0 Å². The molecule has 0 radical (unpaired) electrons. The van der Waals surface area contributed by atoms with Gasteiger partial charge in [-0.1, -0.05) is 30.3 Å². The maximum Gasteiger partial charge on any atom is 0.322 e. The molecule has 0 heterocycles. The molecule has 1 aromatic rings. The van der Waals surface area contributed by atoms with Gasteiger partial charge < -0.3 is 10.1 Å². The third-order valence-electron chi connectivity index (χ3n) is 2.47. The molecular weight excluding hydrogens is 202 g/mol. The number of hydrogen-bond donors (Lipinski definition) is 1. The first-order valence-corrected chi connectivity index (χ1v) is 5.51. The van der Waals surface area contributed by atoms with Crippen molar-refractivity contribution in [3.8, 4) is 0 Å². The second-order valence-electron chi connectivity index (χ2n) is 4.00. The minimum Gasteiger partial charge on any atom is -0.468 e. The highest BCUT2D eigenvalue weighted by molar-refractivity contribution is 5.75. The largest absolute Gasteiger partial charge is 0.468 e. The summed E-state index contributed by atoms with van der Waals surface area (Å²) < 4.78 is 4.66. The van der Waals surface area contributed by atoms with Crippen LogP contribution in [0.4, 0.5) is 0 Å². The van der Waals surface area contributed by atoms with Gasteiger partial charge in [0.25, 0.3) is 0 Å². The van der Waals surface area contributed by atoms with Gasteiger partial charge in [0.15, 0.2) is 0 Å². The van der Waals surface area contributed by atoms with Gasteiger partial charge >= 0.3 is 5.97 Å². The molecule has 88 valence electrons. The molecular formula is C13H19NO2. The second-order valence-corrected chi connectivity index (χ2v) is 4.00. The normalized spacial score (nSPS) is 14.2. The van der Waals surface area contributed by atoms with E-state index in [-0.39, 0.29) is 18.1 Å². The Kier molecular flexibility index (Phi) is 4.99. The fourth-order valence-corrected chi connectivity index (χ4v) is 1.70. The molecule has 0 aromatic heterocycles. The molecule has 0 spiro atoms. The highest BCUT2D eigenvalue weighted by Crippen LogP contribution is 2.03. The number of ether oxygens (including phenoxy) is 1. The summed E-state index contributed by atoms with van der Waals surface area (Å²) in [6, 6.07) is 10.2. The van der Waals surface area contributed by atoms with Crippen molar-refractivity contribution in [3.63, 3.8) is 0 Å². The lowest BCUT2D eigenvalue weighted by Gasteiger charge is -2.18. The molecule has 0 saturated heterocycles. The summed E-state index contributed by atoms with van der Waals surface area (Å²) in [5.41, 5.74) is 1.26. The second kappa shape index (κ2) is 6.28. The van der Waals surface area contributed by atoms with E-state index < -0.39 is 0 Å². The average Bonchev–Trinajstić information content (AvgIpc) is 2.29. The van der Waals surface area contributed by atoms with Crippen molar-refractivity contribution in [2.24, 2.45) is 0 Å². The zero-order valence-electron chi connectivity index (χ0n) is 10.1. The van der Waals surface area contributed by atoms with E-state index in [1.54, 1.807) is 0 Å². The van der Waals surface area contributed by atoms with Crippen molar-refractivity contribution < 1.29 is 9.53 Å². The van der Waals surface area contributed by atoms with Gasteiger partial charge in [0.2, 0.25) is 0 Å². The Morgan fingerprint density at radius 1 is 1.31 bits per heavy atom. The first-order valence-electron chi connectivity index (χ1n) is 5.51. The van der Waals surface area contributed by atoms with Crippen molar-refractivity contribution in [1.29, 1.82) is 0 Å². The maximum atomic E-state index is 11.2. The van der Waals surface area contributed by atoms with E-state index in [1.807, 2.05) is 25.1 Å². The molecule has 1 rings (SSSR count). The van der Waals surface area contributed by atoms with Crippen LogP contribution in [0.2, 0.25) is 0 Å². The fourth-order valence-electron chi connectivity index (χ4n) is 1.70. The Morgan fingerprint density at radius 3 is 2.50 bits per heavy atom. The molecule has 2 atom stereocenters. The van der Waals surface area contributed by atoms with Crippen molar-refractivity contribution in [3.05, 3.63) is 35.9 Å². The molecule has 0 aliphatic rings. The number of carbonyl (C=O) groups is 1. The Morgan fingerprint density at radius 2 is 1.94 bits per heavy atom. The van der Waals surface area contributed by atoms with E-state index in [1.165, 1.54) is 12.7 Å². The molecule has 3 heteroatoms. The summed E-state index contributed by atoms with van der Waals surface area (Å²) in [5.74, 6) is -0.222. The third-order valence-corrected chi connectivity index (χ3v) is 2.47. The minimum absolute atomic E-state index is 0.222. The lowest BCUT2D eigenvalue weighted by Crippen LogP contribution is -2.41. The van der Waals surface area contributed by atoms with Crippen LogP contribution in [0.1, 0.15) is 19.4 Å². The molecule has 16 heavy (non-hydrogen) atoms. The van der Waals surface area contributed by atoms with Crippen LogP contribution in [0.25, 0.3) is 0 Å². The number of carbonyl (C=O) groups excluding carboxylic acids is 1. The first kappa shape index (κ1) is 12.7. The number of rotatable bonds is 5. The standard InChI is InChI=1S/C13H19NO2/c1-10(14-11(2)13(15)16-3)9-12-7-5-4-6-8-12/h4-8,10-11,14H,9H2,1-3H3/t10?,11-/m0/s1. The van der Waals surface area contributed by atoms with Gasteiger partial charge in [-0.05, 0) is 25.8 Å². The SMILES string of the molecule is COC(=O)[C@H](C)NC(C)Cc1ccccc1. The Hall–Kier alpha value is -1.35. The van der Waals surface area contributed by atoms with Gasteiger partial charge in [-0.3, -0.25) is 4.79 Å². The molecule has 0 aliphatic heterocycles. The zero-order chi connectivity index (χ0) is 12.0. The number of methoxy groups -OCH3 is 1. The van der Waals surface area contributed by atoms with Crippen LogP contribution < -0.4 is 5.32 Å². The zero-order valence-corrected chi connectivity index (χ0v) is 10.1. The monoisotopic (exact) mass is 221 g/mol. The summed E-state index contributed by atoms with van der Waals surface area (Å²) in [6.07, 6.45) is 0.905. The number of benzene rings is 1. The lowest BCUT2D eigenvalue weighted by molar-refractivity contribution is -0.142. The van der Waals surface area contributed by atoms with Crippen molar-refractivity contribution in [2.75, 3.05) is 7.11 Å². The van der Waals surface area contributed by atoms with Crippen LogP contribution >= 0.6 is 0 Å². The topological polar surface area (TPSA) is 38.3 Å². The quantitative estimate of drug-likeness (QED) is 0.770. The Balaban J connectivity index is 2.42. The van der Waals surface area contributed by atoms with Crippen LogP contribution in [-0.4, -0.2) is 25.2 Å². The van der Waals surface area contributed by atoms with Crippen LogP contribution in [0, 0.1) is 0 Å². The van der Waals surface area contributed by atoms with Crippen LogP contribution in [0.15, 0.2) is 30.3 Å². The Labute approximate surface area is 96.8 Å². The first-order chi connectivity index (χ1) is 7.63. The Bertz CT molecular complexity index is 324. The van der Waals surface area contributed by atoms with E-state index >= 15 is 0 Å². The molecule has 0 saturated carbocycles. The molecule has 0 aliphatic carbocycles. The van der Waals surface area contributed by atoms with Crippen molar-refractivity contribution in [1.82, 2.24) is 5.32 Å². The summed E-state index contributed by atoms with van der Waals surface area (Å²) in [5, 5.41) is 3.20. The summed E-state index contributed by atoms with van der Waals surface area (Å²) in [4.78, 5) is 11.2. The minimum atomic E-state index is -0.260. The predicted molar refractivity (Wildman–Crippen MR) is 64.2 cm³/mol. The summed E-state index contributed by atoms with van der Waals surface area (Å²) in [6.45, 7) is 3.87. The number of hydrogen-bond acceptors (Lipinski definition) is 3. The molecule has 0 bridgehead atoms. The van der Waals surface area contributed by atoms with Crippen LogP contribution in [0.5, 0.6) is 0 Å². The average molecular weight is 221 g/mol. The summed E-state index contributed by atoms with van der Waals surface area (Å²) in [7, 11) is 1.41. The third kappa shape index (κ3) is 4.03. The number of nitrogens with one attached hydrogen (secondary N) is 1. The van der Waals surface area contributed by atoms with Crippen molar-refractivity contribution in [2.45, 2.75) is 32.4 Å². The highest BCUT2D eigenvalue weighted by Gasteiger charge is 2.15. The fraction of sp³-hybridized carbons (Fsp3) is 0.462. The maximum absolute atomic E-state index is 11.2. The molecule has 1 aromatic carbocycles. The van der Waals surface area contributed by atoms with E-state index in [2.05, 4.69) is 29.1 Å². The van der Waals surface area contributed by atoms with Gasteiger partial charge in [0.05, 0.1) is 7.11 Å². The van der Waals surface area contributed by atoms with Crippen LogP contribution in [-0.2, 0) is 16.0 Å². The molecule has 0 amide bonds. The van der Waals surface area contributed by atoms with E-state index in [4.69, 9.17) is 0 Å². The number of esters is 1.